The molecule has 1 aromatic carbocycles. The van der Waals surface area contributed by atoms with Crippen LogP contribution in [0.5, 0.6) is 0 Å². The Kier molecular flexibility index (Phi) is 2.50. The second-order valence-corrected chi connectivity index (χ2v) is 3.68. The van der Waals surface area contributed by atoms with Crippen LogP contribution >= 0.6 is 0 Å². The van der Waals surface area contributed by atoms with Crippen LogP contribution in [0.1, 0.15) is 24.4 Å². The first kappa shape index (κ1) is 9.21. The molecule has 1 amide bonds. The summed E-state index contributed by atoms with van der Waals surface area (Å²) in [5.41, 5.74) is 1.00. The molecule has 14 heavy (non-hydrogen) atoms. The number of hydrogen-bond acceptors (Lipinski definition) is 2. The Hall–Kier alpha value is -1.35. The van der Waals surface area contributed by atoms with E-state index in [0.29, 0.717) is 12.3 Å². The van der Waals surface area contributed by atoms with Gasteiger partial charge in [-0.1, -0.05) is 30.3 Å². The molecule has 1 unspecified atom stereocenters. The lowest BCUT2D eigenvalue weighted by molar-refractivity contribution is -0.163. The van der Waals surface area contributed by atoms with E-state index >= 15 is 0 Å². The number of carbonyl (C=O) groups excluding carboxylic acids is 1. The molecule has 3 nitrogen and oxygen atoms in total. The highest BCUT2D eigenvalue weighted by Gasteiger charge is 2.35. The predicted molar refractivity (Wildman–Crippen MR) is 51.6 cm³/mol. The van der Waals surface area contributed by atoms with Crippen LogP contribution in [0.15, 0.2) is 30.3 Å². The zero-order chi connectivity index (χ0) is 9.97. The first-order valence-corrected chi connectivity index (χ1v) is 4.80. The van der Waals surface area contributed by atoms with Gasteiger partial charge in [0.25, 0.3) is 0 Å². The van der Waals surface area contributed by atoms with Crippen molar-refractivity contribution < 1.29 is 10.0 Å². The maximum atomic E-state index is 10.5. The van der Waals surface area contributed by atoms with Gasteiger partial charge in [0, 0.05) is 0 Å². The third-order valence-electron chi connectivity index (χ3n) is 2.60. The number of benzene rings is 1. The van der Waals surface area contributed by atoms with Gasteiger partial charge in [0.1, 0.15) is 0 Å². The average Bonchev–Trinajstić information content (AvgIpc) is 3.04. The smallest absolute Gasteiger partial charge is 0.233 e. The molecule has 0 heterocycles. The van der Waals surface area contributed by atoms with Gasteiger partial charge >= 0.3 is 0 Å². The first-order chi connectivity index (χ1) is 6.83. The van der Waals surface area contributed by atoms with Crippen LogP contribution in [0.25, 0.3) is 0 Å². The standard InChI is InChI=1S/C11H13NO2/c13-8-12(14)11(10-6-7-10)9-4-2-1-3-5-9/h1-5,8,10-11,14H,6-7H2. The Balaban J connectivity index is 2.22. The lowest BCUT2D eigenvalue weighted by Gasteiger charge is -2.22. The summed E-state index contributed by atoms with van der Waals surface area (Å²) in [5, 5.41) is 10.2. The van der Waals surface area contributed by atoms with E-state index in [-0.39, 0.29) is 6.04 Å². The van der Waals surface area contributed by atoms with Crippen molar-refractivity contribution in [3.05, 3.63) is 35.9 Å². The van der Waals surface area contributed by atoms with Gasteiger partial charge in [-0.15, -0.1) is 0 Å². The van der Waals surface area contributed by atoms with Gasteiger partial charge in [0.2, 0.25) is 6.41 Å². The quantitative estimate of drug-likeness (QED) is 0.449. The summed E-state index contributed by atoms with van der Waals surface area (Å²) in [4.78, 5) is 10.5. The molecule has 0 aliphatic heterocycles. The molecule has 0 saturated heterocycles. The second-order valence-electron chi connectivity index (χ2n) is 3.68. The van der Waals surface area contributed by atoms with Gasteiger partial charge < -0.3 is 0 Å². The number of amides is 1. The van der Waals surface area contributed by atoms with E-state index in [2.05, 4.69) is 0 Å². The van der Waals surface area contributed by atoms with Crippen molar-refractivity contribution >= 4 is 6.41 Å². The summed E-state index contributed by atoms with van der Waals surface area (Å²) in [6.07, 6.45) is 2.66. The van der Waals surface area contributed by atoms with E-state index < -0.39 is 0 Å². The Morgan fingerprint density at radius 2 is 2.00 bits per heavy atom. The Morgan fingerprint density at radius 1 is 1.36 bits per heavy atom. The molecular formula is C11H13NO2. The first-order valence-electron chi connectivity index (χ1n) is 4.80. The molecule has 0 bridgehead atoms. The van der Waals surface area contributed by atoms with Crippen molar-refractivity contribution in [3.8, 4) is 0 Å². The monoisotopic (exact) mass is 191 g/mol. The lowest BCUT2D eigenvalue weighted by Crippen LogP contribution is -2.25. The lowest BCUT2D eigenvalue weighted by atomic mass is 10.0. The van der Waals surface area contributed by atoms with Crippen LogP contribution in [0.4, 0.5) is 0 Å². The van der Waals surface area contributed by atoms with Crippen LogP contribution in [0.3, 0.4) is 0 Å². The number of rotatable bonds is 4. The van der Waals surface area contributed by atoms with Crippen LogP contribution in [-0.2, 0) is 4.79 Å². The fourth-order valence-corrected chi connectivity index (χ4v) is 1.77. The number of nitrogens with zero attached hydrogens (tertiary/aromatic N) is 1. The van der Waals surface area contributed by atoms with E-state index in [1.807, 2.05) is 30.3 Å². The van der Waals surface area contributed by atoms with Gasteiger partial charge in [0.15, 0.2) is 0 Å². The Bertz CT molecular complexity index is 308. The van der Waals surface area contributed by atoms with E-state index in [1.54, 1.807) is 0 Å². The Morgan fingerprint density at radius 3 is 2.50 bits per heavy atom. The van der Waals surface area contributed by atoms with Crippen molar-refractivity contribution in [1.82, 2.24) is 5.06 Å². The molecule has 1 aliphatic rings. The predicted octanol–water partition coefficient (Wildman–Crippen LogP) is 1.99. The molecule has 0 aromatic heterocycles. The maximum absolute atomic E-state index is 10.5. The summed E-state index contributed by atoms with van der Waals surface area (Å²) < 4.78 is 0. The third-order valence-corrected chi connectivity index (χ3v) is 2.60. The normalized spacial score (nSPS) is 17.5. The average molecular weight is 191 g/mol. The van der Waals surface area contributed by atoms with E-state index in [9.17, 15) is 10.0 Å². The van der Waals surface area contributed by atoms with Gasteiger partial charge in [-0.25, -0.2) is 5.06 Å². The van der Waals surface area contributed by atoms with Crippen LogP contribution < -0.4 is 0 Å². The summed E-state index contributed by atoms with van der Waals surface area (Å²) in [7, 11) is 0. The highest BCUT2D eigenvalue weighted by atomic mass is 16.5. The minimum Gasteiger partial charge on any atom is -0.286 e. The third kappa shape index (κ3) is 1.77. The molecule has 3 heteroatoms. The van der Waals surface area contributed by atoms with Gasteiger partial charge in [-0.3, -0.25) is 10.0 Å². The molecule has 1 aliphatic carbocycles. The SMILES string of the molecule is O=CN(O)C(c1ccccc1)C1CC1. The highest BCUT2D eigenvalue weighted by molar-refractivity contribution is 5.47. The topological polar surface area (TPSA) is 40.5 Å². The van der Waals surface area contributed by atoms with Crippen molar-refractivity contribution in [3.63, 3.8) is 0 Å². The summed E-state index contributed by atoms with van der Waals surface area (Å²) >= 11 is 0. The maximum Gasteiger partial charge on any atom is 0.233 e. The van der Waals surface area contributed by atoms with E-state index in [4.69, 9.17) is 0 Å². The number of hydrogen-bond donors (Lipinski definition) is 1. The van der Waals surface area contributed by atoms with E-state index in [0.717, 1.165) is 23.5 Å². The van der Waals surface area contributed by atoms with Crippen molar-refractivity contribution in [2.24, 2.45) is 5.92 Å². The summed E-state index contributed by atoms with van der Waals surface area (Å²) in [6, 6.07) is 9.49. The minimum atomic E-state index is -0.159. The molecule has 74 valence electrons. The van der Waals surface area contributed by atoms with Gasteiger partial charge in [-0.2, -0.15) is 0 Å². The molecule has 1 aromatic rings. The minimum absolute atomic E-state index is 0.159. The highest BCUT2D eigenvalue weighted by Crippen LogP contribution is 2.43. The fraction of sp³-hybridized carbons (Fsp3) is 0.364. The van der Waals surface area contributed by atoms with Crippen LogP contribution in [-0.4, -0.2) is 16.7 Å². The van der Waals surface area contributed by atoms with E-state index in [1.165, 1.54) is 0 Å². The molecule has 1 atom stereocenters. The molecule has 1 N–H and O–H groups in total. The van der Waals surface area contributed by atoms with Crippen molar-refractivity contribution in [2.45, 2.75) is 18.9 Å². The van der Waals surface area contributed by atoms with Crippen LogP contribution in [0.2, 0.25) is 0 Å². The molecule has 2 rings (SSSR count). The number of hydroxylamine groups is 2. The van der Waals surface area contributed by atoms with Crippen molar-refractivity contribution in [2.75, 3.05) is 0 Å². The second kappa shape index (κ2) is 3.80. The fourth-order valence-electron chi connectivity index (χ4n) is 1.77. The molecule has 1 fully saturated rings. The zero-order valence-corrected chi connectivity index (χ0v) is 7.84. The molecular weight excluding hydrogens is 178 g/mol. The Labute approximate surface area is 82.9 Å². The van der Waals surface area contributed by atoms with Gasteiger partial charge in [0.05, 0.1) is 6.04 Å². The summed E-state index contributed by atoms with van der Waals surface area (Å²) in [6.45, 7) is 0. The largest absolute Gasteiger partial charge is 0.286 e. The van der Waals surface area contributed by atoms with Crippen LogP contribution in [0, 0.1) is 5.92 Å². The number of carbonyl (C=O) groups is 1. The molecule has 0 radical (unpaired) electrons. The van der Waals surface area contributed by atoms with Crippen molar-refractivity contribution in [1.29, 1.82) is 0 Å². The molecule has 1 saturated carbocycles. The van der Waals surface area contributed by atoms with Gasteiger partial charge in [-0.05, 0) is 24.3 Å². The zero-order valence-electron chi connectivity index (χ0n) is 7.84. The summed E-state index contributed by atoms with van der Waals surface area (Å²) in [5.74, 6) is 0.424. The molecule has 0 spiro atoms.